The van der Waals surface area contributed by atoms with Crippen molar-refractivity contribution in [3.8, 4) is 11.5 Å². The molecule has 0 fully saturated rings. The van der Waals surface area contributed by atoms with Crippen molar-refractivity contribution in [1.82, 2.24) is 4.98 Å². The molecule has 0 aliphatic carbocycles. The average molecular weight is 421 g/mol. The number of nitrogens with one attached hydrogen (secondary N) is 1. The first-order chi connectivity index (χ1) is 12.0. The zero-order valence-corrected chi connectivity index (χ0v) is 16.5. The van der Waals surface area contributed by atoms with Crippen molar-refractivity contribution in [1.29, 1.82) is 0 Å². The van der Waals surface area contributed by atoms with Crippen LogP contribution in [0.1, 0.15) is 22.8 Å². The predicted molar refractivity (Wildman–Crippen MR) is 104 cm³/mol. The van der Waals surface area contributed by atoms with Crippen LogP contribution in [0.15, 0.2) is 34.8 Å². The number of para-hydroxylation sites is 1. The van der Waals surface area contributed by atoms with Crippen LogP contribution in [0.2, 0.25) is 0 Å². The van der Waals surface area contributed by atoms with Crippen molar-refractivity contribution in [2.24, 2.45) is 0 Å². The highest BCUT2D eigenvalue weighted by molar-refractivity contribution is 9.10. The maximum absolute atomic E-state index is 12.6. The molecule has 3 rings (SSSR count). The summed E-state index contributed by atoms with van der Waals surface area (Å²) in [7, 11) is 1.54. The summed E-state index contributed by atoms with van der Waals surface area (Å²) in [6.07, 6.45) is 0. The number of carbonyl (C=O) groups is 1. The van der Waals surface area contributed by atoms with Crippen LogP contribution in [0.5, 0.6) is 11.5 Å². The number of ether oxygens (including phenoxy) is 2. The number of aryl methyl sites for hydroxylation is 1. The Balaban J connectivity index is 1.89. The fourth-order valence-corrected chi connectivity index (χ4v) is 3.94. The van der Waals surface area contributed by atoms with Gasteiger partial charge < -0.3 is 9.47 Å². The van der Waals surface area contributed by atoms with E-state index in [1.165, 1.54) is 11.3 Å². The molecule has 0 spiro atoms. The molecule has 5 nitrogen and oxygen atoms in total. The lowest BCUT2D eigenvalue weighted by Gasteiger charge is -2.13. The molecule has 2 aromatic carbocycles. The van der Waals surface area contributed by atoms with Crippen LogP contribution in [0.4, 0.5) is 5.13 Å². The Morgan fingerprint density at radius 2 is 2.16 bits per heavy atom. The van der Waals surface area contributed by atoms with Gasteiger partial charge in [0.25, 0.3) is 5.91 Å². The maximum Gasteiger partial charge on any atom is 0.257 e. The number of benzene rings is 2. The van der Waals surface area contributed by atoms with Crippen LogP contribution in [0.3, 0.4) is 0 Å². The van der Waals surface area contributed by atoms with E-state index in [1.54, 1.807) is 19.2 Å². The molecule has 7 heteroatoms. The first-order valence-corrected chi connectivity index (χ1v) is 9.32. The molecule has 0 bridgehead atoms. The van der Waals surface area contributed by atoms with Gasteiger partial charge in [-0.3, -0.25) is 10.1 Å². The lowest BCUT2D eigenvalue weighted by molar-refractivity contribution is 0.102. The SMILES string of the molecule is CCOc1c(Br)cc(C(=O)Nc2nc3c(C)cccc3s2)cc1OC. The zero-order chi connectivity index (χ0) is 18.0. The molecule has 25 heavy (non-hydrogen) atoms. The van der Waals surface area contributed by atoms with Gasteiger partial charge in [0.15, 0.2) is 16.6 Å². The Bertz CT molecular complexity index is 939. The van der Waals surface area contributed by atoms with E-state index >= 15 is 0 Å². The third kappa shape index (κ3) is 3.62. The molecule has 0 saturated heterocycles. The van der Waals surface area contributed by atoms with Gasteiger partial charge in [0.1, 0.15) is 0 Å². The van der Waals surface area contributed by atoms with Crippen molar-refractivity contribution in [2.75, 3.05) is 19.0 Å². The molecular weight excluding hydrogens is 404 g/mol. The van der Waals surface area contributed by atoms with Crippen LogP contribution >= 0.6 is 27.3 Å². The Morgan fingerprint density at radius 1 is 1.36 bits per heavy atom. The Labute approximate surface area is 158 Å². The van der Waals surface area contributed by atoms with Gasteiger partial charge >= 0.3 is 0 Å². The first-order valence-electron chi connectivity index (χ1n) is 7.71. The van der Waals surface area contributed by atoms with Gasteiger partial charge in [-0.2, -0.15) is 0 Å². The van der Waals surface area contributed by atoms with Crippen LogP contribution in [-0.2, 0) is 0 Å². The average Bonchev–Trinajstić information content (AvgIpc) is 3.00. The molecular formula is C18H17BrN2O3S. The Kier molecular flexibility index (Phi) is 5.24. The number of amides is 1. The quantitative estimate of drug-likeness (QED) is 0.628. The van der Waals surface area contributed by atoms with Crippen molar-refractivity contribution < 1.29 is 14.3 Å². The van der Waals surface area contributed by atoms with E-state index in [9.17, 15) is 4.79 Å². The van der Waals surface area contributed by atoms with Crippen molar-refractivity contribution >= 4 is 48.5 Å². The smallest absolute Gasteiger partial charge is 0.257 e. The number of hydrogen-bond acceptors (Lipinski definition) is 5. The van der Waals surface area contributed by atoms with Gasteiger partial charge in [0.05, 0.1) is 28.4 Å². The van der Waals surface area contributed by atoms with E-state index in [1.807, 2.05) is 32.0 Å². The van der Waals surface area contributed by atoms with E-state index < -0.39 is 0 Å². The Morgan fingerprint density at radius 3 is 2.84 bits per heavy atom. The molecule has 0 aliphatic heterocycles. The molecule has 0 atom stereocenters. The monoisotopic (exact) mass is 420 g/mol. The highest BCUT2D eigenvalue weighted by atomic mass is 79.9. The number of methoxy groups -OCH3 is 1. The van der Waals surface area contributed by atoms with Crippen LogP contribution < -0.4 is 14.8 Å². The van der Waals surface area contributed by atoms with E-state index in [0.29, 0.717) is 33.3 Å². The Hall–Kier alpha value is -2.12. The number of carbonyl (C=O) groups excluding carboxylic acids is 1. The van der Waals surface area contributed by atoms with Crippen molar-refractivity contribution in [2.45, 2.75) is 13.8 Å². The second-order valence-corrected chi connectivity index (χ2v) is 7.20. The number of anilines is 1. The first kappa shape index (κ1) is 17.7. The molecule has 130 valence electrons. The van der Waals surface area contributed by atoms with Crippen LogP contribution in [0.25, 0.3) is 10.2 Å². The number of nitrogens with zero attached hydrogens (tertiary/aromatic N) is 1. The summed E-state index contributed by atoms with van der Waals surface area (Å²) in [5.74, 6) is 0.831. The summed E-state index contributed by atoms with van der Waals surface area (Å²) in [4.78, 5) is 17.1. The second kappa shape index (κ2) is 7.41. The molecule has 1 amide bonds. The molecule has 1 heterocycles. The second-order valence-electron chi connectivity index (χ2n) is 5.32. The van der Waals surface area contributed by atoms with Crippen LogP contribution in [-0.4, -0.2) is 24.6 Å². The molecule has 1 N–H and O–H groups in total. The summed E-state index contributed by atoms with van der Waals surface area (Å²) in [6.45, 7) is 4.40. The molecule has 3 aromatic rings. The van der Waals surface area contributed by atoms with Crippen molar-refractivity contribution in [3.63, 3.8) is 0 Å². The maximum atomic E-state index is 12.6. The summed E-state index contributed by atoms with van der Waals surface area (Å²) in [5.41, 5.74) is 2.45. The minimum atomic E-state index is -0.251. The lowest BCUT2D eigenvalue weighted by Crippen LogP contribution is -2.12. The molecule has 0 saturated carbocycles. The third-order valence-electron chi connectivity index (χ3n) is 3.62. The van der Waals surface area contributed by atoms with E-state index in [4.69, 9.17) is 9.47 Å². The summed E-state index contributed by atoms with van der Waals surface area (Å²) in [5, 5.41) is 3.42. The number of aromatic nitrogens is 1. The molecule has 0 unspecified atom stereocenters. The standard InChI is InChI=1S/C18H17BrN2O3S/c1-4-24-16-12(19)8-11(9-13(16)23-3)17(22)21-18-20-15-10(2)6-5-7-14(15)25-18/h5-9H,4H2,1-3H3,(H,20,21,22). The fraction of sp³-hybridized carbons (Fsp3) is 0.222. The number of halogens is 1. The minimum Gasteiger partial charge on any atom is -0.493 e. The van der Waals surface area contributed by atoms with Gasteiger partial charge in [-0.25, -0.2) is 4.98 Å². The van der Waals surface area contributed by atoms with Crippen molar-refractivity contribution in [3.05, 3.63) is 45.9 Å². The number of rotatable bonds is 5. The summed E-state index contributed by atoms with van der Waals surface area (Å²) >= 11 is 4.88. The lowest BCUT2D eigenvalue weighted by atomic mass is 10.2. The van der Waals surface area contributed by atoms with Gasteiger partial charge in [-0.15, -0.1) is 0 Å². The van der Waals surface area contributed by atoms with Gasteiger partial charge in [-0.05, 0) is 53.5 Å². The highest BCUT2D eigenvalue weighted by Gasteiger charge is 2.17. The number of fused-ring (bicyclic) bond motifs is 1. The number of thiazole rings is 1. The van der Waals surface area contributed by atoms with E-state index in [0.717, 1.165) is 15.8 Å². The van der Waals surface area contributed by atoms with Gasteiger partial charge in [0.2, 0.25) is 0 Å². The predicted octanol–water partition coefficient (Wildman–Crippen LogP) is 5.03. The largest absolute Gasteiger partial charge is 0.493 e. The highest BCUT2D eigenvalue weighted by Crippen LogP contribution is 2.37. The summed E-state index contributed by atoms with van der Waals surface area (Å²) < 4.78 is 12.6. The van der Waals surface area contributed by atoms with E-state index in [-0.39, 0.29) is 5.91 Å². The van der Waals surface area contributed by atoms with Crippen LogP contribution in [0, 0.1) is 6.92 Å². The molecule has 1 aromatic heterocycles. The fourth-order valence-electron chi connectivity index (χ4n) is 2.44. The molecule has 0 radical (unpaired) electrons. The van der Waals surface area contributed by atoms with Gasteiger partial charge in [0, 0.05) is 5.56 Å². The zero-order valence-electron chi connectivity index (χ0n) is 14.1. The van der Waals surface area contributed by atoms with Gasteiger partial charge in [-0.1, -0.05) is 23.5 Å². The third-order valence-corrected chi connectivity index (χ3v) is 5.15. The molecule has 0 aliphatic rings. The van der Waals surface area contributed by atoms with E-state index in [2.05, 4.69) is 26.2 Å². The minimum absolute atomic E-state index is 0.251. The normalized spacial score (nSPS) is 10.7. The summed E-state index contributed by atoms with van der Waals surface area (Å²) in [6, 6.07) is 9.34. The number of hydrogen-bond donors (Lipinski definition) is 1. The topological polar surface area (TPSA) is 60.5 Å².